The second kappa shape index (κ2) is 4.36. The van der Waals surface area contributed by atoms with Gasteiger partial charge in [0.15, 0.2) is 0 Å². The molecule has 15 heavy (non-hydrogen) atoms. The van der Waals surface area contributed by atoms with E-state index in [2.05, 4.69) is 4.99 Å². The molecule has 1 aromatic rings. The van der Waals surface area contributed by atoms with Crippen molar-refractivity contribution in [1.82, 2.24) is 0 Å². The van der Waals surface area contributed by atoms with E-state index < -0.39 is 0 Å². The van der Waals surface area contributed by atoms with Gasteiger partial charge >= 0.3 is 0 Å². The molecule has 0 amide bonds. The SMILES string of the molecule is COc1ccc(N2C=CN=C(Cl)C2)cc1. The van der Waals surface area contributed by atoms with E-state index >= 15 is 0 Å². The van der Waals surface area contributed by atoms with Gasteiger partial charge in [0.05, 0.1) is 13.7 Å². The highest BCUT2D eigenvalue weighted by atomic mass is 35.5. The first-order valence-corrected chi connectivity index (χ1v) is 4.97. The van der Waals surface area contributed by atoms with Gasteiger partial charge in [0.1, 0.15) is 10.9 Å². The molecule has 1 heterocycles. The lowest BCUT2D eigenvalue weighted by atomic mass is 10.2. The number of benzene rings is 1. The van der Waals surface area contributed by atoms with Crippen LogP contribution in [0.1, 0.15) is 0 Å². The molecule has 78 valence electrons. The highest BCUT2D eigenvalue weighted by Crippen LogP contribution is 2.20. The van der Waals surface area contributed by atoms with Crippen LogP contribution in [0.5, 0.6) is 5.75 Å². The second-order valence-corrected chi connectivity index (χ2v) is 3.57. The van der Waals surface area contributed by atoms with Gasteiger partial charge in [-0.25, -0.2) is 4.99 Å². The molecule has 4 heteroatoms. The first-order valence-electron chi connectivity index (χ1n) is 4.59. The Hall–Kier alpha value is -1.48. The van der Waals surface area contributed by atoms with E-state index in [0.29, 0.717) is 11.7 Å². The van der Waals surface area contributed by atoms with Crippen molar-refractivity contribution in [3.63, 3.8) is 0 Å². The molecule has 0 N–H and O–H groups in total. The van der Waals surface area contributed by atoms with Gasteiger partial charge < -0.3 is 9.64 Å². The molecule has 0 aromatic heterocycles. The minimum absolute atomic E-state index is 0.591. The number of hydrogen-bond acceptors (Lipinski definition) is 3. The fourth-order valence-electron chi connectivity index (χ4n) is 1.38. The second-order valence-electron chi connectivity index (χ2n) is 3.13. The summed E-state index contributed by atoms with van der Waals surface area (Å²) >= 11 is 5.85. The van der Waals surface area contributed by atoms with Crippen molar-refractivity contribution in [2.24, 2.45) is 4.99 Å². The van der Waals surface area contributed by atoms with Crippen molar-refractivity contribution in [2.75, 3.05) is 18.6 Å². The van der Waals surface area contributed by atoms with E-state index in [9.17, 15) is 0 Å². The number of nitrogens with zero attached hydrogens (tertiary/aromatic N) is 2. The van der Waals surface area contributed by atoms with Gasteiger partial charge in [-0.15, -0.1) is 0 Å². The summed E-state index contributed by atoms with van der Waals surface area (Å²) in [5, 5.41) is 0.591. The maximum Gasteiger partial charge on any atom is 0.125 e. The Balaban J connectivity index is 2.17. The lowest BCUT2D eigenvalue weighted by Crippen LogP contribution is -2.23. The molecular formula is C11H11ClN2O. The molecule has 0 atom stereocenters. The third-order valence-electron chi connectivity index (χ3n) is 2.17. The number of aliphatic imine (C=N–C) groups is 1. The monoisotopic (exact) mass is 222 g/mol. The molecule has 0 radical (unpaired) electrons. The van der Waals surface area contributed by atoms with Crippen molar-refractivity contribution in [3.8, 4) is 5.75 Å². The average Bonchev–Trinajstić information content (AvgIpc) is 2.29. The van der Waals surface area contributed by atoms with E-state index in [-0.39, 0.29) is 0 Å². The molecule has 1 aliphatic rings. The fourth-order valence-corrected chi connectivity index (χ4v) is 1.56. The number of anilines is 1. The summed E-state index contributed by atoms with van der Waals surface area (Å²) in [5.41, 5.74) is 1.07. The van der Waals surface area contributed by atoms with Crippen LogP contribution in [-0.4, -0.2) is 18.8 Å². The lowest BCUT2D eigenvalue weighted by Gasteiger charge is -2.21. The molecule has 1 aliphatic heterocycles. The van der Waals surface area contributed by atoms with Crippen LogP contribution in [0.3, 0.4) is 0 Å². The normalized spacial score (nSPS) is 15.1. The van der Waals surface area contributed by atoms with Gasteiger partial charge in [-0.1, -0.05) is 11.6 Å². The predicted octanol–water partition coefficient (Wildman–Crippen LogP) is 2.62. The summed E-state index contributed by atoms with van der Waals surface area (Å²) in [6, 6.07) is 7.81. The van der Waals surface area contributed by atoms with Crippen molar-refractivity contribution in [2.45, 2.75) is 0 Å². The maximum absolute atomic E-state index is 5.85. The largest absolute Gasteiger partial charge is 0.497 e. The standard InChI is InChI=1S/C11H11ClN2O/c1-15-10-4-2-9(3-5-10)14-7-6-13-11(12)8-14/h2-7H,8H2,1H3. The van der Waals surface area contributed by atoms with Crippen molar-refractivity contribution >= 4 is 22.5 Å². The Morgan fingerprint density at radius 2 is 2.07 bits per heavy atom. The molecule has 0 fully saturated rings. The Kier molecular flexibility index (Phi) is 2.92. The summed E-state index contributed by atoms with van der Waals surface area (Å²) in [7, 11) is 1.65. The van der Waals surface area contributed by atoms with Crippen LogP contribution >= 0.6 is 11.6 Å². The number of ether oxygens (including phenoxy) is 1. The lowest BCUT2D eigenvalue weighted by molar-refractivity contribution is 0.415. The van der Waals surface area contributed by atoms with Crippen LogP contribution in [0, 0.1) is 0 Å². The number of rotatable bonds is 2. The Labute approximate surface area is 93.6 Å². The smallest absolute Gasteiger partial charge is 0.125 e. The molecular weight excluding hydrogens is 212 g/mol. The Morgan fingerprint density at radius 3 is 2.67 bits per heavy atom. The van der Waals surface area contributed by atoms with Crippen molar-refractivity contribution in [1.29, 1.82) is 0 Å². The zero-order chi connectivity index (χ0) is 10.7. The fraction of sp³-hybridized carbons (Fsp3) is 0.182. The number of methoxy groups -OCH3 is 1. The summed E-state index contributed by atoms with van der Waals surface area (Å²) in [4.78, 5) is 6.00. The van der Waals surface area contributed by atoms with Crippen molar-refractivity contribution < 1.29 is 4.74 Å². The van der Waals surface area contributed by atoms with Gasteiger partial charge in [0, 0.05) is 18.1 Å². The van der Waals surface area contributed by atoms with E-state index in [1.165, 1.54) is 0 Å². The highest BCUT2D eigenvalue weighted by molar-refractivity contribution is 6.66. The minimum Gasteiger partial charge on any atom is -0.497 e. The first kappa shape index (κ1) is 10.1. The van der Waals surface area contributed by atoms with Crippen molar-refractivity contribution in [3.05, 3.63) is 36.7 Å². The third-order valence-corrected chi connectivity index (χ3v) is 2.38. The van der Waals surface area contributed by atoms with Crippen LogP contribution < -0.4 is 9.64 Å². The van der Waals surface area contributed by atoms with E-state index in [0.717, 1.165) is 11.4 Å². The average molecular weight is 223 g/mol. The molecule has 1 aromatic carbocycles. The highest BCUT2D eigenvalue weighted by Gasteiger charge is 2.08. The van der Waals surface area contributed by atoms with Gasteiger partial charge in [-0.3, -0.25) is 0 Å². The quantitative estimate of drug-likeness (QED) is 0.769. The van der Waals surface area contributed by atoms with Crippen LogP contribution in [0.15, 0.2) is 41.7 Å². The summed E-state index contributed by atoms with van der Waals surface area (Å²) in [5.74, 6) is 0.847. The molecule has 0 saturated heterocycles. The summed E-state index contributed by atoms with van der Waals surface area (Å²) in [6.45, 7) is 0.615. The molecule has 0 unspecified atom stereocenters. The van der Waals surface area contributed by atoms with Crippen LogP contribution in [0.2, 0.25) is 0 Å². The summed E-state index contributed by atoms with van der Waals surface area (Å²) in [6.07, 6.45) is 3.59. The van der Waals surface area contributed by atoms with Gasteiger partial charge in [-0.2, -0.15) is 0 Å². The predicted molar refractivity (Wildman–Crippen MR) is 62.8 cm³/mol. The topological polar surface area (TPSA) is 24.8 Å². The Bertz CT molecular complexity index is 398. The maximum atomic E-state index is 5.85. The minimum atomic E-state index is 0.591. The zero-order valence-corrected chi connectivity index (χ0v) is 9.11. The van der Waals surface area contributed by atoms with Gasteiger partial charge in [-0.05, 0) is 24.3 Å². The first-order chi connectivity index (χ1) is 7.29. The van der Waals surface area contributed by atoms with Gasteiger partial charge in [0.25, 0.3) is 0 Å². The molecule has 3 nitrogen and oxygen atoms in total. The van der Waals surface area contributed by atoms with E-state index in [4.69, 9.17) is 16.3 Å². The zero-order valence-electron chi connectivity index (χ0n) is 8.35. The molecule has 0 bridgehead atoms. The van der Waals surface area contributed by atoms with Gasteiger partial charge in [0.2, 0.25) is 0 Å². The number of halogens is 1. The van der Waals surface area contributed by atoms with Crippen LogP contribution in [0.25, 0.3) is 0 Å². The molecule has 0 spiro atoms. The number of hydrogen-bond donors (Lipinski definition) is 0. The third kappa shape index (κ3) is 2.30. The summed E-state index contributed by atoms with van der Waals surface area (Å²) < 4.78 is 5.09. The Morgan fingerprint density at radius 1 is 1.33 bits per heavy atom. The van der Waals surface area contributed by atoms with E-state index in [1.807, 2.05) is 35.4 Å². The molecule has 0 saturated carbocycles. The molecule has 2 rings (SSSR count). The molecule has 0 aliphatic carbocycles. The van der Waals surface area contributed by atoms with Crippen LogP contribution in [-0.2, 0) is 0 Å². The van der Waals surface area contributed by atoms with E-state index in [1.54, 1.807) is 13.3 Å². The van der Waals surface area contributed by atoms with Crippen LogP contribution in [0.4, 0.5) is 5.69 Å².